The van der Waals surface area contributed by atoms with Crippen molar-refractivity contribution in [3.05, 3.63) is 12.4 Å². The highest BCUT2D eigenvalue weighted by atomic mass is 15.2. The van der Waals surface area contributed by atoms with E-state index in [4.69, 9.17) is 0 Å². The molecule has 4 nitrogen and oxygen atoms in total. The normalized spacial score (nSPS) is 17.8. The summed E-state index contributed by atoms with van der Waals surface area (Å²) in [5.41, 5.74) is 0. The first-order valence-corrected chi connectivity index (χ1v) is 7.73. The summed E-state index contributed by atoms with van der Waals surface area (Å²) in [5.74, 6) is 1.93. The lowest BCUT2D eigenvalue weighted by atomic mass is 9.94. The summed E-state index contributed by atoms with van der Waals surface area (Å²) in [6.45, 7) is 6.88. The fraction of sp³-hybridized carbons (Fsp3) is 0.800. The predicted molar refractivity (Wildman–Crippen MR) is 80.5 cm³/mol. The molecule has 1 saturated heterocycles. The van der Waals surface area contributed by atoms with Gasteiger partial charge in [-0.2, -0.15) is 0 Å². The van der Waals surface area contributed by atoms with Gasteiger partial charge in [0.15, 0.2) is 0 Å². The van der Waals surface area contributed by atoms with Crippen LogP contribution in [0.5, 0.6) is 0 Å². The quantitative estimate of drug-likeness (QED) is 0.822. The largest absolute Gasteiger partial charge is 0.356 e. The van der Waals surface area contributed by atoms with E-state index in [0.29, 0.717) is 0 Å². The molecule has 2 rings (SSSR count). The van der Waals surface area contributed by atoms with Gasteiger partial charge in [-0.05, 0) is 51.7 Å². The van der Waals surface area contributed by atoms with Crippen molar-refractivity contribution in [3.63, 3.8) is 0 Å². The van der Waals surface area contributed by atoms with Crippen molar-refractivity contribution in [1.29, 1.82) is 0 Å². The summed E-state index contributed by atoms with van der Waals surface area (Å²) in [6, 6.07) is 0. The molecule has 0 aliphatic carbocycles. The third-order valence-electron chi connectivity index (χ3n) is 4.14. The number of hydrogen-bond donors (Lipinski definition) is 1. The van der Waals surface area contributed by atoms with Crippen LogP contribution in [0, 0.1) is 5.92 Å². The molecule has 1 aliphatic rings. The third kappa shape index (κ3) is 4.53. The molecule has 1 N–H and O–H groups in total. The molecule has 1 fully saturated rings. The minimum Gasteiger partial charge on any atom is -0.356 e. The van der Waals surface area contributed by atoms with Gasteiger partial charge in [-0.25, -0.2) is 4.98 Å². The SMILES string of the molecule is CCCCn1ccnc1NCCC1CCN(C)CC1. The number of aromatic nitrogens is 2. The Bertz CT molecular complexity index is 353. The minimum absolute atomic E-state index is 0.891. The van der Waals surface area contributed by atoms with Crippen LogP contribution in [0.1, 0.15) is 39.0 Å². The van der Waals surface area contributed by atoms with E-state index in [9.17, 15) is 0 Å². The van der Waals surface area contributed by atoms with Crippen molar-refractivity contribution in [3.8, 4) is 0 Å². The topological polar surface area (TPSA) is 33.1 Å². The van der Waals surface area contributed by atoms with E-state index < -0.39 is 0 Å². The van der Waals surface area contributed by atoms with Gasteiger partial charge in [-0.1, -0.05) is 13.3 Å². The molecule has 108 valence electrons. The Kier molecular flexibility index (Phi) is 5.70. The van der Waals surface area contributed by atoms with Crippen LogP contribution in [0.15, 0.2) is 12.4 Å². The number of hydrogen-bond acceptors (Lipinski definition) is 3. The van der Waals surface area contributed by atoms with E-state index >= 15 is 0 Å². The summed E-state index contributed by atoms with van der Waals surface area (Å²) in [6.07, 6.45) is 10.4. The van der Waals surface area contributed by atoms with E-state index in [-0.39, 0.29) is 0 Å². The fourth-order valence-electron chi connectivity index (χ4n) is 2.72. The molecule has 0 unspecified atom stereocenters. The smallest absolute Gasteiger partial charge is 0.202 e. The Hall–Kier alpha value is -1.03. The van der Waals surface area contributed by atoms with Crippen LogP contribution in [0.2, 0.25) is 0 Å². The molecule has 1 aromatic rings. The standard InChI is InChI=1S/C15H28N4/c1-3-4-10-19-13-9-17-15(19)16-8-5-14-6-11-18(2)12-7-14/h9,13-14H,3-8,10-12H2,1-2H3,(H,16,17). The second-order valence-electron chi connectivity index (χ2n) is 5.76. The number of nitrogens with zero attached hydrogens (tertiary/aromatic N) is 3. The summed E-state index contributed by atoms with van der Waals surface area (Å²) in [5, 5.41) is 3.50. The lowest BCUT2D eigenvalue weighted by Gasteiger charge is -2.28. The monoisotopic (exact) mass is 264 g/mol. The predicted octanol–water partition coefficient (Wildman–Crippen LogP) is 2.83. The van der Waals surface area contributed by atoms with Crippen LogP contribution in [0.3, 0.4) is 0 Å². The maximum absolute atomic E-state index is 4.41. The second kappa shape index (κ2) is 7.53. The Morgan fingerprint density at radius 3 is 2.89 bits per heavy atom. The zero-order valence-electron chi connectivity index (χ0n) is 12.4. The van der Waals surface area contributed by atoms with Crippen LogP contribution in [0.4, 0.5) is 5.95 Å². The molecule has 0 bridgehead atoms. The second-order valence-corrected chi connectivity index (χ2v) is 5.76. The molecule has 0 amide bonds. The number of aryl methyl sites for hydroxylation is 1. The number of anilines is 1. The molecule has 0 aromatic carbocycles. The van der Waals surface area contributed by atoms with Crippen molar-refractivity contribution in [2.75, 3.05) is 32.0 Å². The molecular weight excluding hydrogens is 236 g/mol. The summed E-state index contributed by atoms with van der Waals surface area (Å²) in [4.78, 5) is 6.84. The fourth-order valence-corrected chi connectivity index (χ4v) is 2.72. The van der Waals surface area contributed by atoms with Crippen LogP contribution >= 0.6 is 0 Å². The summed E-state index contributed by atoms with van der Waals surface area (Å²) >= 11 is 0. The van der Waals surface area contributed by atoms with Crippen LogP contribution in [0.25, 0.3) is 0 Å². The van der Waals surface area contributed by atoms with Gasteiger partial charge in [0.25, 0.3) is 0 Å². The first-order chi connectivity index (χ1) is 9.29. The molecular formula is C15H28N4. The Morgan fingerprint density at radius 1 is 1.37 bits per heavy atom. The number of rotatable bonds is 7. The highest BCUT2D eigenvalue weighted by molar-refractivity contribution is 5.25. The molecule has 0 spiro atoms. The van der Waals surface area contributed by atoms with Crippen molar-refractivity contribution >= 4 is 5.95 Å². The van der Waals surface area contributed by atoms with Crippen molar-refractivity contribution in [2.24, 2.45) is 5.92 Å². The van der Waals surface area contributed by atoms with Crippen LogP contribution < -0.4 is 5.32 Å². The zero-order valence-corrected chi connectivity index (χ0v) is 12.4. The number of piperidine rings is 1. The van der Waals surface area contributed by atoms with Gasteiger partial charge in [0, 0.05) is 25.5 Å². The Balaban J connectivity index is 1.69. The minimum atomic E-state index is 0.891. The molecule has 2 heterocycles. The molecule has 1 aliphatic heterocycles. The average molecular weight is 264 g/mol. The highest BCUT2D eigenvalue weighted by Gasteiger charge is 2.16. The molecule has 0 radical (unpaired) electrons. The van der Waals surface area contributed by atoms with Crippen molar-refractivity contribution in [1.82, 2.24) is 14.5 Å². The molecule has 0 saturated carbocycles. The molecule has 4 heteroatoms. The first-order valence-electron chi connectivity index (χ1n) is 7.73. The number of likely N-dealkylation sites (tertiary alicyclic amines) is 1. The van der Waals surface area contributed by atoms with Gasteiger partial charge in [-0.15, -0.1) is 0 Å². The number of imidazole rings is 1. The highest BCUT2D eigenvalue weighted by Crippen LogP contribution is 2.19. The molecule has 19 heavy (non-hydrogen) atoms. The summed E-state index contributed by atoms with van der Waals surface area (Å²) in [7, 11) is 2.22. The maximum Gasteiger partial charge on any atom is 0.202 e. The van der Waals surface area contributed by atoms with E-state index in [1.165, 1.54) is 45.2 Å². The van der Waals surface area contributed by atoms with Gasteiger partial charge in [0.1, 0.15) is 0 Å². The van der Waals surface area contributed by atoms with Crippen molar-refractivity contribution < 1.29 is 0 Å². The van der Waals surface area contributed by atoms with E-state index in [1.54, 1.807) is 0 Å². The number of nitrogens with one attached hydrogen (secondary N) is 1. The average Bonchev–Trinajstić information content (AvgIpc) is 2.86. The third-order valence-corrected chi connectivity index (χ3v) is 4.14. The van der Waals surface area contributed by atoms with Gasteiger partial charge in [0.05, 0.1) is 0 Å². The van der Waals surface area contributed by atoms with Gasteiger partial charge < -0.3 is 14.8 Å². The molecule has 0 atom stereocenters. The van der Waals surface area contributed by atoms with Gasteiger partial charge >= 0.3 is 0 Å². The van der Waals surface area contributed by atoms with Crippen LogP contribution in [-0.2, 0) is 6.54 Å². The maximum atomic E-state index is 4.41. The first kappa shape index (κ1) is 14.4. The molecule has 1 aromatic heterocycles. The summed E-state index contributed by atoms with van der Waals surface area (Å²) < 4.78 is 2.23. The lowest BCUT2D eigenvalue weighted by Crippen LogP contribution is -2.31. The van der Waals surface area contributed by atoms with Gasteiger partial charge in [0.2, 0.25) is 5.95 Å². The van der Waals surface area contributed by atoms with E-state index in [2.05, 4.69) is 39.9 Å². The number of unbranched alkanes of at least 4 members (excludes halogenated alkanes) is 1. The van der Waals surface area contributed by atoms with E-state index in [1.807, 2.05) is 6.20 Å². The Labute approximate surface area is 117 Å². The van der Waals surface area contributed by atoms with E-state index in [0.717, 1.165) is 25.0 Å². The Morgan fingerprint density at radius 2 is 2.16 bits per heavy atom. The lowest BCUT2D eigenvalue weighted by molar-refractivity contribution is 0.215. The van der Waals surface area contributed by atoms with Gasteiger partial charge in [-0.3, -0.25) is 0 Å². The van der Waals surface area contributed by atoms with Crippen LogP contribution in [-0.4, -0.2) is 41.1 Å². The zero-order chi connectivity index (χ0) is 13.5. The van der Waals surface area contributed by atoms with Crippen molar-refractivity contribution in [2.45, 2.75) is 45.6 Å².